The molecular weight excluding hydrogens is 251 g/mol. The van der Waals surface area contributed by atoms with Crippen LogP contribution in [0.4, 0.5) is 10.1 Å². The van der Waals surface area contributed by atoms with Crippen LogP contribution in [0.3, 0.4) is 0 Å². The topological polar surface area (TPSA) is 38.0 Å². The molecular formula is C17H21FN2. The Hall–Kier alpha value is -1.87. The van der Waals surface area contributed by atoms with Gasteiger partial charge in [0.15, 0.2) is 0 Å². The minimum absolute atomic E-state index is 0.0276. The van der Waals surface area contributed by atoms with Gasteiger partial charge in [0.25, 0.3) is 0 Å². The fourth-order valence-electron chi connectivity index (χ4n) is 2.37. The Kier molecular flexibility index (Phi) is 4.40. The molecule has 0 radical (unpaired) electrons. The van der Waals surface area contributed by atoms with E-state index in [1.165, 1.54) is 34.4 Å². The predicted molar refractivity (Wildman–Crippen MR) is 82.5 cm³/mol. The second-order valence-electron chi connectivity index (χ2n) is 5.23. The van der Waals surface area contributed by atoms with Gasteiger partial charge in [-0.25, -0.2) is 4.39 Å². The molecule has 1 atom stereocenters. The molecule has 20 heavy (non-hydrogen) atoms. The minimum atomic E-state index is -0.234. The third-order valence-electron chi connectivity index (χ3n) is 3.68. The first-order valence-electron chi connectivity index (χ1n) is 6.81. The van der Waals surface area contributed by atoms with Crippen LogP contribution in [-0.2, 0) is 0 Å². The number of hydrogen-bond acceptors (Lipinski definition) is 2. The van der Waals surface area contributed by atoms with Crippen molar-refractivity contribution < 1.29 is 4.39 Å². The first-order chi connectivity index (χ1) is 9.51. The van der Waals surface area contributed by atoms with Crippen molar-refractivity contribution in [1.82, 2.24) is 0 Å². The third-order valence-corrected chi connectivity index (χ3v) is 3.68. The van der Waals surface area contributed by atoms with Gasteiger partial charge in [-0.1, -0.05) is 12.1 Å². The maximum absolute atomic E-state index is 12.9. The smallest absolute Gasteiger partial charge is 0.123 e. The molecule has 0 aliphatic heterocycles. The highest BCUT2D eigenvalue weighted by Gasteiger charge is 2.13. The Morgan fingerprint density at radius 3 is 2.20 bits per heavy atom. The average Bonchev–Trinajstić information content (AvgIpc) is 2.43. The van der Waals surface area contributed by atoms with E-state index in [2.05, 4.69) is 38.2 Å². The highest BCUT2D eigenvalue weighted by molar-refractivity contribution is 5.48. The zero-order valence-electron chi connectivity index (χ0n) is 12.2. The summed E-state index contributed by atoms with van der Waals surface area (Å²) in [5.74, 6) is -0.234. The van der Waals surface area contributed by atoms with Crippen molar-refractivity contribution in [3.05, 3.63) is 64.5 Å². The van der Waals surface area contributed by atoms with Gasteiger partial charge in [0.1, 0.15) is 5.82 Å². The molecule has 106 valence electrons. The number of anilines is 1. The van der Waals surface area contributed by atoms with Crippen LogP contribution in [0.2, 0.25) is 0 Å². The first-order valence-corrected chi connectivity index (χ1v) is 6.81. The van der Waals surface area contributed by atoms with E-state index in [4.69, 9.17) is 5.73 Å². The van der Waals surface area contributed by atoms with Crippen LogP contribution < -0.4 is 11.1 Å². The van der Waals surface area contributed by atoms with Gasteiger partial charge in [0.05, 0.1) is 6.04 Å². The highest BCUT2D eigenvalue weighted by atomic mass is 19.1. The number of halogens is 1. The zero-order chi connectivity index (χ0) is 14.7. The largest absolute Gasteiger partial charge is 0.377 e. The number of nitrogens with one attached hydrogen (secondary N) is 1. The molecule has 0 fully saturated rings. The lowest BCUT2D eigenvalue weighted by Gasteiger charge is -2.22. The van der Waals surface area contributed by atoms with Crippen molar-refractivity contribution in [3.63, 3.8) is 0 Å². The lowest BCUT2D eigenvalue weighted by molar-refractivity contribution is 0.628. The first kappa shape index (κ1) is 14.5. The van der Waals surface area contributed by atoms with Gasteiger partial charge >= 0.3 is 0 Å². The maximum Gasteiger partial charge on any atom is 0.123 e. The molecule has 0 saturated carbocycles. The summed E-state index contributed by atoms with van der Waals surface area (Å²) in [6.07, 6.45) is 0. The lowest BCUT2D eigenvalue weighted by Crippen LogP contribution is -2.21. The molecule has 0 aliphatic rings. The molecule has 2 aromatic rings. The van der Waals surface area contributed by atoms with Gasteiger partial charge < -0.3 is 11.1 Å². The van der Waals surface area contributed by atoms with E-state index in [1.807, 2.05) is 0 Å². The predicted octanol–water partition coefficient (Wildman–Crippen LogP) is 3.86. The molecule has 0 spiro atoms. The van der Waals surface area contributed by atoms with Crippen LogP contribution in [0, 0.1) is 26.6 Å². The van der Waals surface area contributed by atoms with Crippen molar-refractivity contribution >= 4 is 5.69 Å². The highest BCUT2D eigenvalue weighted by Crippen LogP contribution is 2.24. The molecule has 3 N–H and O–H groups in total. The van der Waals surface area contributed by atoms with E-state index in [1.54, 1.807) is 12.1 Å². The van der Waals surface area contributed by atoms with Gasteiger partial charge in [-0.2, -0.15) is 0 Å². The van der Waals surface area contributed by atoms with E-state index in [0.717, 1.165) is 5.69 Å². The molecule has 0 aromatic heterocycles. The SMILES string of the molecule is Cc1cc(C)c(C(CN)Nc2ccc(F)cc2)cc1C. The molecule has 2 aromatic carbocycles. The molecule has 0 bridgehead atoms. The lowest BCUT2D eigenvalue weighted by atomic mass is 9.95. The normalized spacial score (nSPS) is 12.2. The van der Waals surface area contributed by atoms with Gasteiger partial charge in [-0.05, 0) is 67.3 Å². The molecule has 0 heterocycles. The summed E-state index contributed by atoms with van der Waals surface area (Å²) in [6.45, 7) is 6.79. The van der Waals surface area contributed by atoms with Gasteiger partial charge in [0, 0.05) is 12.2 Å². The van der Waals surface area contributed by atoms with E-state index in [9.17, 15) is 4.39 Å². The fraction of sp³-hybridized carbons (Fsp3) is 0.294. The Morgan fingerprint density at radius 1 is 1.00 bits per heavy atom. The van der Waals surface area contributed by atoms with Gasteiger partial charge in [-0.15, -0.1) is 0 Å². The Balaban J connectivity index is 2.28. The standard InChI is InChI=1S/C17H21FN2/c1-11-8-13(3)16(9-12(11)2)17(10-19)20-15-6-4-14(18)5-7-15/h4-9,17,20H,10,19H2,1-3H3. The Bertz CT molecular complexity index is 591. The zero-order valence-corrected chi connectivity index (χ0v) is 12.2. The summed E-state index contributed by atoms with van der Waals surface area (Å²) in [4.78, 5) is 0. The second kappa shape index (κ2) is 6.06. The minimum Gasteiger partial charge on any atom is -0.377 e. The number of hydrogen-bond donors (Lipinski definition) is 2. The van der Waals surface area contributed by atoms with E-state index < -0.39 is 0 Å². The molecule has 2 nitrogen and oxygen atoms in total. The fourth-order valence-corrected chi connectivity index (χ4v) is 2.37. The summed E-state index contributed by atoms with van der Waals surface area (Å²) in [5.41, 5.74) is 11.7. The second-order valence-corrected chi connectivity index (χ2v) is 5.23. The monoisotopic (exact) mass is 272 g/mol. The van der Waals surface area contributed by atoms with Crippen molar-refractivity contribution in [2.24, 2.45) is 5.73 Å². The molecule has 0 amide bonds. The van der Waals surface area contributed by atoms with Crippen LogP contribution in [0.15, 0.2) is 36.4 Å². The van der Waals surface area contributed by atoms with E-state index >= 15 is 0 Å². The number of nitrogens with two attached hydrogens (primary N) is 1. The van der Waals surface area contributed by atoms with Crippen LogP contribution in [0.25, 0.3) is 0 Å². The number of benzene rings is 2. The average molecular weight is 272 g/mol. The van der Waals surface area contributed by atoms with Crippen molar-refractivity contribution in [2.75, 3.05) is 11.9 Å². The van der Waals surface area contributed by atoms with Gasteiger partial charge in [0.2, 0.25) is 0 Å². The molecule has 0 aliphatic carbocycles. The summed E-state index contributed by atoms with van der Waals surface area (Å²) < 4.78 is 12.9. The van der Waals surface area contributed by atoms with Gasteiger partial charge in [-0.3, -0.25) is 0 Å². The summed E-state index contributed by atoms with van der Waals surface area (Å²) in [7, 11) is 0. The molecule has 1 unspecified atom stereocenters. The van der Waals surface area contributed by atoms with Crippen molar-refractivity contribution in [3.8, 4) is 0 Å². The number of rotatable bonds is 4. The van der Waals surface area contributed by atoms with E-state index in [-0.39, 0.29) is 11.9 Å². The summed E-state index contributed by atoms with van der Waals surface area (Å²) in [6, 6.07) is 10.7. The Morgan fingerprint density at radius 2 is 1.60 bits per heavy atom. The van der Waals surface area contributed by atoms with Crippen LogP contribution in [0.5, 0.6) is 0 Å². The maximum atomic E-state index is 12.9. The summed E-state index contributed by atoms with van der Waals surface area (Å²) >= 11 is 0. The summed E-state index contributed by atoms with van der Waals surface area (Å²) in [5, 5.41) is 3.37. The molecule has 2 rings (SSSR count). The quantitative estimate of drug-likeness (QED) is 0.887. The van der Waals surface area contributed by atoms with Crippen molar-refractivity contribution in [2.45, 2.75) is 26.8 Å². The van der Waals surface area contributed by atoms with Crippen LogP contribution >= 0.6 is 0 Å². The van der Waals surface area contributed by atoms with Crippen LogP contribution in [-0.4, -0.2) is 6.54 Å². The number of aryl methyl sites for hydroxylation is 3. The Labute approximate surface area is 119 Å². The third kappa shape index (κ3) is 3.17. The molecule has 3 heteroatoms. The van der Waals surface area contributed by atoms with E-state index in [0.29, 0.717) is 6.54 Å². The van der Waals surface area contributed by atoms with Crippen molar-refractivity contribution in [1.29, 1.82) is 0 Å². The van der Waals surface area contributed by atoms with Crippen LogP contribution in [0.1, 0.15) is 28.3 Å². The molecule has 0 saturated heterocycles.